The largest absolute Gasteiger partial charge is 0.454 e. The molecule has 20 heavy (non-hydrogen) atoms. The Bertz CT molecular complexity index is 466. The first kappa shape index (κ1) is 13.7. The Morgan fingerprint density at radius 1 is 1.40 bits per heavy atom. The van der Waals surface area contributed by atoms with Crippen LogP contribution in [0.5, 0.6) is 11.5 Å². The van der Waals surface area contributed by atoms with Crippen LogP contribution in [-0.2, 0) is 4.74 Å². The third-order valence-electron chi connectivity index (χ3n) is 4.17. The average Bonchev–Trinajstić information content (AvgIpc) is 3.09. The van der Waals surface area contributed by atoms with Crippen molar-refractivity contribution in [1.82, 2.24) is 4.90 Å². The van der Waals surface area contributed by atoms with Crippen molar-refractivity contribution >= 4 is 0 Å². The number of nitrogens with zero attached hydrogens (tertiary/aromatic N) is 1. The second-order valence-electron chi connectivity index (χ2n) is 5.47. The van der Waals surface area contributed by atoms with Crippen molar-refractivity contribution in [1.29, 1.82) is 0 Å². The quantitative estimate of drug-likeness (QED) is 0.882. The minimum absolute atomic E-state index is 0.242. The van der Waals surface area contributed by atoms with Gasteiger partial charge in [0.1, 0.15) is 0 Å². The van der Waals surface area contributed by atoms with Gasteiger partial charge >= 0.3 is 0 Å². The number of benzene rings is 1. The number of likely N-dealkylation sites (tertiary alicyclic amines) is 1. The molecule has 5 nitrogen and oxygen atoms in total. The maximum atomic E-state index is 6.00. The van der Waals surface area contributed by atoms with Crippen LogP contribution in [0.4, 0.5) is 0 Å². The lowest BCUT2D eigenvalue weighted by atomic mass is 10.0. The molecular weight excluding hydrogens is 256 g/mol. The SMILES string of the molecule is COCC1CCN(C(CN)c2ccc3c(c2)OCO3)C1. The number of ether oxygens (including phenoxy) is 3. The molecule has 2 aliphatic rings. The lowest BCUT2D eigenvalue weighted by molar-refractivity contribution is 0.147. The zero-order chi connectivity index (χ0) is 13.9. The maximum absolute atomic E-state index is 6.00. The number of hydrogen-bond acceptors (Lipinski definition) is 5. The van der Waals surface area contributed by atoms with E-state index in [1.165, 1.54) is 12.0 Å². The highest BCUT2D eigenvalue weighted by atomic mass is 16.7. The van der Waals surface area contributed by atoms with Crippen molar-refractivity contribution in [2.45, 2.75) is 12.5 Å². The molecule has 2 heterocycles. The molecule has 1 aromatic carbocycles. The lowest BCUT2D eigenvalue weighted by Gasteiger charge is -2.27. The normalized spacial score (nSPS) is 23.2. The molecule has 2 atom stereocenters. The summed E-state index contributed by atoms with van der Waals surface area (Å²) in [5, 5.41) is 0. The maximum Gasteiger partial charge on any atom is 0.231 e. The van der Waals surface area contributed by atoms with Crippen LogP contribution in [0, 0.1) is 5.92 Å². The third-order valence-corrected chi connectivity index (χ3v) is 4.17. The predicted octanol–water partition coefficient (Wildman–Crippen LogP) is 1.38. The fourth-order valence-electron chi connectivity index (χ4n) is 3.13. The van der Waals surface area contributed by atoms with Crippen LogP contribution in [0.1, 0.15) is 18.0 Å². The van der Waals surface area contributed by atoms with Crippen LogP contribution in [0.25, 0.3) is 0 Å². The van der Waals surface area contributed by atoms with E-state index in [2.05, 4.69) is 17.0 Å². The van der Waals surface area contributed by atoms with Crippen LogP contribution < -0.4 is 15.2 Å². The Morgan fingerprint density at radius 3 is 3.05 bits per heavy atom. The first-order chi connectivity index (χ1) is 9.81. The van der Waals surface area contributed by atoms with Gasteiger partial charge in [-0.05, 0) is 36.6 Å². The van der Waals surface area contributed by atoms with E-state index in [0.717, 1.165) is 31.2 Å². The Kier molecular flexibility index (Phi) is 4.10. The van der Waals surface area contributed by atoms with E-state index in [1.54, 1.807) is 7.11 Å². The highest BCUT2D eigenvalue weighted by molar-refractivity contribution is 5.45. The molecule has 0 aromatic heterocycles. The van der Waals surface area contributed by atoms with Crippen LogP contribution >= 0.6 is 0 Å². The molecule has 110 valence electrons. The van der Waals surface area contributed by atoms with E-state index in [0.29, 0.717) is 19.3 Å². The number of hydrogen-bond donors (Lipinski definition) is 1. The topological polar surface area (TPSA) is 57.0 Å². The molecule has 2 N–H and O–H groups in total. The van der Waals surface area contributed by atoms with Gasteiger partial charge < -0.3 is 19.9 Å². The molecule has 0 amide bonds. The molecule has 0 saturated carbocycles. The zero-order valence-electron chi connectivity index (χ0n) is 11.9. The van der Waals surface area contributed by atoms with Crippen molar-refractivity contribution in [3.05, 3.63) is 23.8 Å². The third kappa shape index (κ3) is 2.61. The van der Waals surface area contributed by atoms with Gasteiger partial charge in [0.15, 0.2) is 11.5 Å². The first-order valence-electron chi connectivity index (χ1n) is 7.14. The second-order valence-corrected chi connectivity index (χ2v) is 5.47. The number of methoxy groups -OCH3 is 1. The Morgan fingerprint density at radius 2 is 2.25 bits per heavy atom. The molecule has 0 spiro atoms. The van der Waals surface area contributed by atoms with Gasteiger partial charge in [0.25, 0.3) is 0 Å². The minimum atomic E-state index is 0.242. The highest BCUT2D eigenvalue weighted by Gasteiger charge is 2.29. The van der Waals surface area contributed by atoms with Crippen LogP contribution in [0.15, 0.2) is 18.2 Å². The Labute approximate surface area is 119 Å². The highest BCUT2D eigenvalue weighted by Crippen LogP contribution is 2.36. The molecule has 1 aromatic rings. The zero-order valence-corrected chi connectivity index (χ0v) is 11.9. The van der Waals surface area contributed by atoms with Gasteiger partial charge in [0.2, 0.25) is 6.79 Å². The molecular formula is C15H22N2O3. The van der Waals surface area contributed by atoms with Gasteiger partial charge in [-0.1, -0.05) is 6.07 Å². The number of fused-ring (bicyclic) bond motifs is 1. The standard InChI is InChI=1S/C15H22N2O3/c1-18-9-11-4-5-17(8-11)13(7-16)12-2-3-14-15(6-12)20-10-19-14/h2-3,6,11,13H,4-5,7-10,16H2,1H3. The van der Waals surface area contributed by atoms with Crippen molar-refractivity contribution < 1.29 is 14.2 Å². The average molecular weight is 278 g/mol. The summed E-state index contributed by atoms with van der Waals surface area (Å²) in [5.74, 6) is 2.26. The van der Waals surface area contributed by atoms with Gasteiger partial charge in [-0.3, -0.25) is 4.90 Å². The fourth-order valence-corrected chi connectivity index (χ4v) is 3.13. The van der Waals surface area contributed by atoms with E-state index in [9.17, 15) is 0 Å². The summed E-state index contributed by atoms with van der Waals surface area (Å²) >= 11 is 0. The van der Waals surface area contributed by atoms with Gasteiger partial charge in [-0.25, -0.2) is 0 Å². The summed E-state index contributed by atoms with van der Waals surface area (Å²) in [5.41, 5.74) is 7.21. The predicted molar refractivity (Wildman–Crippen MR) is 75.9 cm³/mol. The smallest absolute Gasteiger partial charge is 0.231 e. The summed E-state index contributed by atoms with van der Waals surface area (Å²) in [6, 6.07) is 6.37. The van der Waals surface area contributed by atoms with E-state index in [1.807, 2.05) is 6.07 Å². The molecule has 0 aliphatic carbocycles. The fraction of sp³-hybridized carbons (Fsp3) is 0.600. The van der Waals surface area contributed by atoms with Gasteiger partial charge in [0, 0.05) is 26.2 Å². The molecule has 0 bridgehead atoms. The van der Waals surface area contributed by atoms with Gasteiger partial charge in [-0.15, -0.1) is 0 Å². The molecule has 2 aliphatic heterocycles. The Balaban J connectivity index is 1.73. The summed E-state index contributed by atoms with van der Waals surface area (Å²) in [7, 11) is 1.76. The molecule has 5 heteroatoms. The van der Waals surface area contributed by atoms with Crippen molar-refractivity contribution in [2.24, 2.45) is 11.7 Å². The van der Waals surface area contributed by atoms with Crippen molar-refractivity contribution in [3.8, 4) is 11.5 Å². The minimum Gasteiger partial charge on any atom is -0.454 e. The van der Waals surface area contributed by atoms with E-state index < -0.39 is 0 Å². The lowest BCUT2D eigenvalue weighted by Crippen LogP contribution is -2.32. The summed E-state index contributed by atoms with van der Waals surface area (Å²) < 4.78 is 16.1. The van der Waals surface area contributed by atoms with E-state index >= 15 is 0 Å². The monoisotopic (exact) mass is 278 g/mol. The summed E-state index contributed by atoms with van der Waals surface area (Å²) in [4.78, 5) is 2.45. The van der Waals surface area contributed by atoms with Crippen molar-refractivity contribution in [2.75, 3.05) is 40.1 Å². The van der Waals surface area contributed by atoms with E-state index in [-0.39, 0.29) is 6.04 Å². The number of nitrogens with two attached hydrogens (primary N) is 1. The summed E-state index contributed by atoms with van der Waals surface area (Å²) in [6.07, 6.45) is 1.18. The molecule has 1 fully saturated rings. The van der Waals surface area contributed by atoms with Gasteiger partial charge in [0.05, 0.1) is 6.61 Å². The first-order valence-corrected chi connectivity index (χ1v) is 7.14. The van der Waals surface area contributed by atoms with Gasteiger partial charge in [-0.2, -0.15) is 0 Å². The van der Waals surface area contributed by atoms with Crippen molar-refractivity contribution in [3.63, 3.8) is 0 Å². The Hall–Kier alpha value is -1.30. The number of rotatable bonds is 5. The molecule has 0 radical (unpaired) electrons. The van der Waals surface area contributed by atoms with Crippen LogP contribution in [0.3, 0.4) is 0 Å². The molecule has 2 unspecified atom stereocenters. The van der Waals surface area contributed by atoms with Crippen LogP contribution in [0.2, 0.25) is 0 Å². The molecule has 3 rings (SSSR count). The van der Waals surface area contributed by atoms with Crippen LogP contribution in [-0.4, -0.2) is 45.0 Å². The molecule has 1 saturated heterocycles. The van der Waals surface area contributed by atoms with E-state index in [4.69, 9.17) is 19.9 Å². The summed E-state index contributed by atoms with van der Waals surface area (Å²) in [6.45, 7) is 3.87. The second kappa shape index (κ2) is 5.99.